The molecule has 1 heterocycles. The van der Waals surface area contributed by atoms with E-state index in [2.05, 4.69) is 10.1 Å². The Bertz CT molecular complexity index is 528. The molecule has 1 aliphatic heterocycles. The first kappa shape index (κ1) is 15.4. The Balaban J connectivity index is 2.10. The highest BCUT2D eigenvalue weighted by Crippen LogP contribution is 2.25. The van der Waals surface area contributed by atoms with E-state index in [1.807, 2.05) is 38.1 Å². The van der Waals surface area contributed by atoms with Crippen LogP contribution in [0.25, 0.3) is 0 Å². The van der Waals surface area contributed by atoms with Gasteiger partial charge in [0.1, 0.15) is 6.54 Å². The predicted octanol–water partition coefficient (Wildman–Crippen LogP) is 1.68. The fourth-order valence-electron chi connectivity index (χ4n) is 2.57. The number of methoxy groups -OCH3 is 1. The Morgan fingerprint density at radius 1 is 1.38 bits per heavy atom. The second-order valence-corrected chi connectivity index (χ2v) is 5.58. The molecule has 1 amide bonds. The summed E-state index contributed by atoms with van der Waals surface area (Å²) in [4.78, 5) is 25.7. The van der Waals surface area contributed by atoms with Gasteiger partial charge in [-0.25, -0.2) is 0 Å². The number of nitrogens with one attached hydrogen (secondary N) is 1. The molecule has 5 heteroatoms. The molecule has 0 fully saturated rings. The first-order valence-electron chi connectivity index (χ1n) is 7.22. The molecule has 0 spiro atoms. The third-order valence-electron chi connectivity index (χ3n) is 3.81. The fourth-order valence-corrected chi connectivity index (χ4v) is 2.57. The zero-order valence-electron chi connectivity index (χ0n) is 12.8. The Morgan fingerprint density at radius 3 is 2.76 bits per heavy atom. The lowest BCUT2D eigenvalue weighted by molar-refractivity contribution is -0.149. The minimum Gasteiger partial charge on any atom is -0.468 e. The van der Waals surface area contributed by atoms with Crippen LogP contribution in [0.15, 0.2) is 24.3 Å². The van der Waals surface area contributed by atoms with E-state index in [0.717, 1.165) is 11.3 Å². The van der Waals surface area contributed by atoms with Crippen molar-refractivity contribution in [3.8, 4) is 0 Å². The maximum Gasteiger partial charge on any atom is 0.325 e. The van der Waals surface area contributed by atoms with Gasteiger partial charge >= 0.3 is 5.97 Å². The number of amides is 1. The Hall–Kier alpha value is -2.04. The average molecular weight is 290 g/mol. The van der Waals surface area contributed by atoms with E-state index < -0.39 is 0 Å². The summed E-state index contributed by atoms with van der Waals surface area (Å²) in [6, 6.07) is 7.97. The zero-order valence-corrected chi connectivity index (χ0v) is 12.8. The van der Waals surface area contributed by atoms with Crippen molar-refractivity contribution in [3.63, 3.8) is 0 Å². The molecule has 2 rings (SSSR count). The van der Waals surface area contributed by atoms with Crippen molar-refractivity contribution in [1.29, 1.82) is 0 Å². The summed E-state index contributed by atoms with van der Waals surface area (Å²) >= 11 is 0. The number of para-hydroxylation sites is 1. The number of carbonyl (C=O) groups excluding carboxylic acids is 2. The van der Waals surface area contributed by atoms with Crippen molar-refractivity contribution in [3.05, 3.63) is 29.8 Å². The van der Waals surface area contributed by atoms with Crippen LogP contribution >= 0.6 is 0 Å². The lowest BCUT2D eigenvalue weighted by Crippen LogP contribution is -2.47. The molecule has 1 aromatic carbocycles. The lowest BCUT2D eigenvalue weighted by Gasteiger charge is -2.32. The van der Waals surface area contributed by atoms with Crippen molar-refractivity contribution < 1.29 is 14.3 Å². The molecule has 1 unspecified atom stereocenters. The summed E-state index contributed by atoms with van der Waals surface area (Å²) < 4.78 is 4.68. The van der Waals surface area contributed by atoms with Crippen LogP contribution in [-0.4, -0.2) is 43.0 Å². The zero-order chi connectivity index (χ0) is 15.4. The van der Waals surface area contributed by atoms with E-state index in [-0.39, 0.29) is 30.4 Å². The molecule has 0 radical (unpaired) electrons. The Labute approximate surface area is 125 Å². The van der Waals surface area contributed by atoms with Gasteiger partial charge in [-0.15, -0.1) is 0 Å². The number of rotatable bonds is 4. The summed E-state index contributed by atoms with van der Waals surface area (Å²) in [7, 11) is 1.34. The first-order chi connectivity index (χ1) is 10.0. The molecule has 0 aliphatic carbocycles. The van der Waals surface area contributed by atoms with Crippen LogP contribution in [0, 0.1) is 5.92 Å². The van der Waals surface area contributed by atoms with Crippen molar-refractivity contribution in [2.24, 2.45) is 5.92 Å². The van der Waals surface area contributed by atoms with E-state index in [1.54, 1.807) is 4.90 Å². The molecular formula is C16H22N2O3. The van der Waals surface area contributed by atoms with Crippen LogP contribution in [0.1, 0.15) is 19.4 Å². The Morgan fingerprint density at radius 2 is 2.10 bits per heavy atom. The van der Waals surface area contributed by atoms with E-state index in [1.165, 1.54) is 7.11 Å². The SMILES string of the molecule is COC(=O)CN(C(=O)C1CNc2ccccc2C1)C(C)C. The minimum atomic E-state index is -0.388. The monoisotopic (exact) mass is 290 g/mol. The molecular weight excluding hydrogens is 268 g/mol. The summed E-state index contributed by atoms with van der Waals surface area (Å²) in [6.45, 7) is 4.42. The van der Waals surface area contributed by atoms with Gasteiger partial charge in [0.05, 0.1) is 13.0 Å². The number of carbonyl (C=O) groups is 2. The molecule has 0 bridgehead atoms. The van der Waals surface area contributed by atoms with Crippen LogP contribution in [-0.2, 0) is 20.7 Å². The van der Waals surface area contributed by atoms with Crippen molar-refractivity contribution in [1.82, 2.24) is 4.90 Å². The van der Waals surface area contributed by atoms with E-state index in [4.69, 9.17) is 0 Å². The summed E-state index contributed by atoms with van der Waals surface area (Å²) in [6.07, 6.45) is 0.701. The van der Waals surface area contributed by atoms with Crippen LogP contribution in [0.5, 0.6) is 0 Å². The highest BCUT2D eigenvalue weighted by Gasteiger charge is 2.30. The van der Waals surface area contributed by atoms with Gasteiger partial charge in [0, 0.05) is 18.3 Å². The number of hydrogen-bond acceptors (Lipinski definition) is 4. The van der Waals surface area contributed by atoms with Crippen molar-refractivity contribution in [2.75, 3.05) is 25.5 Å². The molecule has 5 nitrogen and oxygen atoms in total. The first-order valence-corrected chi connectivity index (χ1v) is 7.22. The number of ether oxygens (including phenoxy) is 1. The summed E-state index contributed by atoms with van der Waals surface area (Å²) in [5.41, 5.74) is 2.23. The molecule has 1 atom stereocenters. The Kier molecular flexibility index (Phi) is 4.83. The van der Waals surface area contributed by atoms with Crippen LogP contribution < -0.4 is 5.32 Å². The van der Waals surface area contributed by atoms with Gasteiger partial charge in [-0.2, -0.15) is 0 Å². The lowest BCUT2D eigenvalue weighted by atomic mass is 9.92. The maximum absolute atomic E-state index is 12.7. The second-order valence-electron chi connectivity index (χ2n) is 5.58. The number of esters is 1. The fraction of sp³-hybridized carbons (Fsp3) is 0.500. The normalized spacial score (nSPS) is 16.9. The van der Waals surface area contributed by atoms with Gasteiger partial charge in [-0.3, -0.25) is 9.59 Å². The second kappa shape index (κ2) is 6.61. The summed E-state index contributed by atoms with van der Waals surface area (Å²) in [5.74, 6) is -0.537. The van der Waals surface area contributed by atoms with Crippen LogP contribution in [0.2, 0.25) is 0 Å². The largest absolute Gasteiger partial charge is 0.468 e. The summed E-state index contributed by atoms with van der Waals surface area (Å²) in [5, 5.41) is 3.29. The molecule has 114 valence electrons. The number of benzene rings is 1. The highest BCUT2D eigenvalue weighted by molar-refractivity contribution is 5.85. The third-order valence-corrected chi connectivity index (χ3v) is 3.81. The van der Waals surface area contributed by atoms with E-state index >= 15 is 0 Å². The molecule has 1 aromatic rings. The van der Waals surface area contributed by atoms with Crippen LogP contribution in [0.3, 0.4) is 0 Å². The van der Waals surface area contributed by atoms with Crippen molar-refractivity contribution >= 4 is 17.6 Å². The number of fused-ring (bicyclic) bond motifs is 1. The van der Waals surface area contributed by atoms with Gasteiger partial charge in [0.25, 0.3) is 0 Å². The quantitative estimate of drug-likeness (QED) is 0.857. The topological polar surface area (TPSA) is 58.6 Å². The van der Waals surface area contributed by atoms with Gasteiger partial charge in [0.15, 0.2) is 0 Å². The molecule has 0 saturated heterocycles. The molecule has 1 N–H and O–H groups in total. The van der Waals surface area contributed by atoms with Gasteiger partial charge in [0.2, 0.25) is 5.91 Å². The predicted molar refractivity (Wildman–Crippen MR) is 81.0 cm³/mol. The number of nitrogens with zero attached hydrogens (tertiary/aromatic N) is 1. The van der Waals surface area contributed by atoms with Gasteiger partial charge in [-0.1, -0.05) is 18.2 Å². The minimum absolute atomic E-state index is 0.00240. The van der Waals surface area contributed by atoms with Gasteiger partial charge < -0.3 is 15.0 Å². The third kappa shape index (κ3) is 3.54. The molecule has 0 saturated carbocycles. The van der Waals surface area contributed by atoms with E-state index in [0.29, 0.717) is 13.0 Å². The van der Waals surface area contributed by atoms with Gasteiger partial charge in [-0.05, 0) is 31.9 Å². The molecule has 0 aromatic heterocycles. The average Bonchev–Trinajstić information content (AvgIpc) is 2.50. The number of hydrogen-bond donors (Lipinski definition) is 1. The smallest absolute Gasteiger partial charge is 0.325 e. The maximum atomic E-state index is 12.7. The molecule has 1 aliphatic rings. The van der Waals surface area contributed by atoms with Crippen LogP contribution in [0.4, 0.5) is 5.69 Å². The highest BCUT2D eigenvalue weighted by atomic mass is 16.5. The number of anilines is 1. The van der Waals surface area contributed by atoms with Crippen molar-refractivity contribution in [2.45, 2.75) is 26.3 Å². The standard InChI is InChI=1S/C16H22N2O3/c1-11(2)18(10-15(19)21-3)16(20)13-8-12-6-4-5-7-14(12)17-9-13/h4-7,11,13,17H,8-10H2,1-3H3. The van der Waals surface area contributed by atoms with E-state index in [9.17, 15) is 9.59 Å². The molecule has 21 heavy (non-hydrogen) atoms.